The summed E-state index contributed by atoms with van der Waals surface area (Å²) in [4.78, 5) is 16.6. The molecule has 2 heterocycles. The number of carbonyl (C=O) groups is 1. The molecule has 0 spiro atoms. The van der Waals surface area contributed by atoms with E-state index in [1.807, 2.05) is 0 Å². The monoisotopic (exact) mass is 225 g/mol. The highest BCUT2D eigenvalue weighted by molar-refractivity contribution is 5.86. The minimum Gasteiger partial charge on any atom is -0.307 e. The third kappa shape index (κ3) is 3.27. The van der Waals surface area contributed by atoms with Crippen LogP contribution in [0.4, 0.5) is 0 Å². The van der Waals surface area contributed by atoms with Crippen LogP contribution in [0, 0.1) is 0 Å². The van der Waals surface area contributed by atoms with E-state index in [2.05, 4.69) is 22.2 Å². The summed E-state index contributed by atoms with van der Waals surface area (Å²) < 4.78 is 0. The molecular formula is C12H23N3O. The summed E-state index contributed by atoms with van der Waals surface area (Å²) >= 11 is 0. The lowest BCUT2D eigenvalue weighted by molar-refractivity contribution is -0.123. The van der Waals surface area contributed by atoms with E-state index in [9.17, 15) is 4.79 Å². The fourth-order valence-corrected chi connectivity index (χ4v) is 2.46. The largest absolute Gasteiger partial charge is 0.307 e. The number of piperazine rings is 1. The first-order valence-electron chi connectivity index (χ1n) is 6.43. The second-order valence-electron chi connectivity index (χ2n) is 5.05. The van der Waals surface area contributed by atoms with E-state index in [0.717, 1.165) is 39.1 Å². The maximum absolute atomic E-state index is 12.0. The Balaban J connectivity index is 1.73. The lowest BCUT2D eigenvalue weighted by Gasteiger charge is -2.33. The van der Waals surface area contributed by atoms with Crippen LogP contribution >= 0.6 is 0 Å². The van der Waals surface area contributed by atoms with Gasteiger partial charge in [-0.1, -0.05) is 6.42 Å². The number of nitrogens with zero attached hydrogens (tertiary/aromatic N) is 2. The SMILES string of the molecule is CN1CCN(CC(=O)C2CCCCN2)CC1. The van der Waals surface area contributed by atoms with Crippen molar-refractivity contribution in [2.24, 2.45) is 0 Å². The predicted molar refractivity (Wildman–Crippen MR) is 64.6 cm³/mol. The number of ketones is 1. The quantitative estimate of drug-likeness (QED) is 0.730. The van der Waals surface area contributed by atoms with Crippen LogP contribution in [0.1, 0.15) is 19.3 Å². The molecule has 1 N–H and O–H groups in total. The Morgan fingerprint density at radius 1 is 1.25 bits per heavy atom. The molecule has 92 valence electrons. The number of piperidine rings is 1. The number of nitrogens with one attached hydrogen (secondary N) is 1. The van der Waals surface area contributed by atoms with E-state index in [4.69, 9.17) is 0 Å². The Labute approximate surface area is 98.0 Å². The van der Waals surface area contributed by atoms with E-state index in [1.54, 1.807) is 0 Å². The summed E-state index contributed by atoms with van der Waals surface area (Å²) in [6, 6.07) is 0.133. The molecule has 2 aliphatic heterocycles. The molecule has 0 saturated carbocycles. The molecule has 1 atom stereocenters. The van der Waals surface area contributed by atoms with Crippen molar-refractivity contribution >= 4 is 5.78 Å². The van der Waals surface area contributed by atoms with Crippen LogP contribution in [0.15, 0.2) is 0 Å². The lowest BCUT2D eigenvalue weighted by Crippen LogP contribution is -2.50. The molecule has 0 bridgehead atoms. The van der Waals surface area contributed by atoms with E-state index < -0.39 is 0 Å². The van der Waals surface area contributed by atoms with Crippen molar-refractivity contribution in [2.75, 3.05) is 46.3 Å². The van der Waals surface area contributed by atoms with Gasteiger partial charge in [-0.15, -0.1) is 0 Å². The summed E-state index contributed by atoms with van der Waals surface area (Å²) in [6.07, 6.45) is 3.46. The van der Waals surface area contributed by atoms with E-state index in [-0.39, 0.29) is 6.04 Å². The van der Waals surface area contributed by atoms with Crippen molar-refractivity contribution in [3.8, 4) is 0 Å². The highest BCUT2D eigenvalue weighted by Crippen LogP contribution is 2.09. The molecule has 0 radical (unpaired) electrons. The molecule has 0 amide bonds. The van der Waals surface area contributed by atoms with Gasteiger partial charge in [0.25, 0.3) is 0 Å². The van der Waals surface area contributed by atoms with E-state index >= 15 is 0 Å². The smallest absolute Gasteiger partial charge is 0.163 e. The minimum absolute atomic E-state index is 0.133. The van der Waals surface area contributed by atoms with Crippen molar-refractivity contribution in [3.63, 3.8) is 0 Å². The van der Waals surface area contributed by atoms with Crippen molar-refractivity contribution in [1.29, 1.82) is 0 Å². The van der Waals surface area contributed by atoms with Gasteiger partial charge in [-0.2, -0.15) is 0 Å². The number of hydrogen-bond acceptors (Lipinski definition) is 4. The second-order valence-corrected chi connectivity index (χ2v) is 5.05. The Hall–Kier alpha value is -0.450. The van der Waals surface area contributed by atoms with Gasteiger partial charge in [0.1, 0.15) is 0 Å². The molecule has 1 unspecified atom stereocenters. The van der Waals surface area contributed by atoms with Crippen LogP contribution < -0.4 is 5.32 Å². The molecule has 2 fully saturated rings. The van der Waals surface area contributed by atoms with Gasteiger partial charge in [0.05, 0.1) is 12.6 Å². The van der Waals surface area contributed by atoms with E-state index in [0.29, 0.717) is 12.3 Å². The minimum atomic E-state index is 0.133. The molecule has 2 saturated heterocycles. The van der Waals surface area contributed by atoms with Crippen LogP contribution in [-0.4, -0.2) is 67.9 Å². The zero-order chi connectivity index (χ0) is 11.4. The molecule has 0 aromatic heterocycles. The fraction of sp³-hybridized carbons (Fsp3) is 0.917. The molecule has 2 rings (SSSR count). The zero-order valence-corrected chi connectivity index (χ0v) is 10.2. The Bertz CT molecular complexity index is 230. The molecule has 4 nitrogen and oxygen atoms in total. The number of likely N-dealkylation sites (N-methyl/N-ethyl adjacent to an activating group) is 1. The third-order valence-corrected chi connectivity index (χ3v) is 3.67. The molecular weight excluding hydrogens is 202 g/mol. The van der Waals surface area contributed by atoms with Crippen LogP contribution in [0.3, 0.4) is 0 Å². The Kier molecular flexibility index (Phi) is 4.32. The van der Waals surface area contributed by atoms with Gasteiger partial charge < -0.3 is 10.2 Å². The normalized spacial score (nSPS) is 29.2. The number of rotatable bonds is 3. The predicted octanol–water partition coefficient (Wildman–Crippen LogP) is -0.0550. The van der Waals surface area contributed by atoms with Crippen LogP contribution in [-0.2, 0) is 4.79 Å². The van der Waals surface area contributed by atoms with Gasteiger partial charge in [-0.05, 0) is 26.4 Å². The maximum Gasteiger partial charge on any atom is 0.163 e. The van der Waals surface area contributed by atoms with Crippen molar-refractivity contribution in [1.82, 2.24) is 15.1 Å². The molecule has 0 aromatic carbocycles. The highest BCUT2D eigenvalue weighted by atomic mass is 16.1. The summed E-state index contributed by atoms with van der Waals surface area (Å²) in [7, 11) is 2.14. The van der Waals surface area contributed by atoms with Crippen molar-refractivity contribution in [2.45, 2.75) is 25.3 Å². The van der Waals surface area contributed by atoms with Gasteiger partial charge in [0.2, 0.25) is 0 Å². The van der Waals surface area contributed by atoms with Crippen LogP contribution in [0.25, 0.3) is 0 Å². The fourth-order valence-electron chi connectivity index (χ4n) is 2.46. The number of Topliss-reactive ketones (excluding diaryl/α,β-unsaturated/α-hetero) is 1. The van der Waals surface area contributed by atoms with Gasteiger partial charge in [-0.3, -0.25) is 9.69 Å². The second kappa shape index (κ2) is 5.75. The average molecular weight is 225 g/mol. The zero-order valence-electron chi connectivity index (χ0n) is 10.2. The van der Waals surface area contributed by atoms with Crippen molar-refractivity contribution < 1.29 is 4.79 Å². The van der Waals surface area contributed by atoms with Gasteiger partial charge in [-0.25, -0.2) is 0 Å². The lowest BCUT2D eigenvalue weighted by atomic mass is 10.0. The molecule has 4 heteroatoms. The summed E-state index contributed by atoms with van der Waals surface area (Å²) in [5.74, 6) is 0.393. The molecule has 16 heavy (non-hydrogen) atoms. The first-order chi connectivity index (χ1) is 7.75. The van der Waals surface area contributed by atoms with Gasteiger partial charge in [0, 0.05) is 26.2 Å². The van der Waals surface area contributed by atoms with Gasteiger partial charge >= 0.3 is 0 Å². The first kappa shape index (κ1) is 12.0. The number of hydrogen-bond donors (Lipinski definition) is 1. The molecule has 0 aliphatic carbocycles. The third-order valence-electron chi connectivity index (χ3n) is 3.67. The van der Waals surface area contributed by atoms with Crippen molar-refractivity contribution in [3.05, 3.63) is 0 Å². The standard InChI is InChI=1S/C12H23N3O/c1-14-6-8-15(9-7-14)10-12(16)11-4-2-3-5-13-11/h11,13H,2-10H2,1H3. The maximum atomic E-state index is 12.0. The number of carbonyl (C=O) groups excluding carboxylic acids is 1. The summed E-state index contributed by atoms with van der Waals surface area (Å²) in [5, 5.41) is 3.33. The molecule has 0 aromatic rings. The van der Waals surface area contributed by atoms with Crippen LogP contribution in [0.5, 0.6) is 0 Å². The van der Waals surface area contributed by atoms with Gasteiger partial charge in [0.15, 0.2) is 5.78 Å². The topological polar surface area (TPSA) is 35.6 Å². The average Bonchev–Trinajstić information content (AvgIpc) is 2.33. The molecule has 2 aliphatic rings. The van der Waals surface area contributed by atoms with E-state index in [1.165, 1.54) is 12.8 Å². The first-order valence-corrected chi connectivity index (χ1v) is 6.43. The Morgan fingerprint density at radius 2 is 2.00 bits per heavy atom. The summed E-state index contributed by atoms with van der Waals surface area (Å²) in [5.41, 5.74) is 0. The highest BCUT2D eigenvalue weighted by Gasteiger charge is 2.23. The van der Waals surface area contributed by atoms with Crippen LogP contribution in [0.2, 0.25) is 0 Å². The Morgan fingerprint density at radius 3 is 2.62 bits per heavy atom. The summed E-state index contributed by atoms with van der Waals surface area (Å²) in [6.45, 7) is 5.91.